The molecule has 106 valence electrons. The number of likely N-dealkylation sites (N-methyl/N-ethyl adjacent to an activating group) is 1. The zero-order valence-corrected chi connectivity index (χ0v) is 11.3. The molecule has 0 aliphatic carbocycles. The van der Waals surface area contributed by atoms with Crippen LogP contribution in [0.3, 0.4) is 0 Å². The van der Waals surface area contributed by atoms with Crippen LogP contribution < -0.4 is 4.74 Å². The van der Waals surface area contributed by atoms with Crippen molar-refractivity contribution in [2.45, 2.75) is 25.9 Å². The van der Waals surface area contributed by atoms with E-state index in [-0.39, 0.29) is 11.7 Å². The first kappa shape index (κ1) is 15.4. The molecule has 0 bridgehead atoms. The summed E-state index contributed by atoms with van der Waals surface area (Å²) in [5, 5.41) is 9.10. The smallest absolute Gasteiger partial charge is 0.222 e. The second-order valence-electron chi connectivity index (χ2n) is 4.51. The second kappa shape index (κ2) is 7.74. The SMILES string of the molecule is CC(O)CCC(=O)N(C)CCOc1ccc(F)cc1. The number of aliphatic hydroxyl groups is 1. The van der Waals surface area contributed by atoms with E-state index in [0.29, 0.717) is 31.7 Å². The monoisotopic (exact) mass is 269 g/mol. The highest BCUT2D eigenvalue weighted by molar-refractivity contribution is 5.75. The van der Waals surface area contributed by atoms with Crippen LogP contribution in [-0.4, -0.2) is 42.2 Å². The summed E-state index contributed by atoms with van der Waals surface area (Å²) >= 11 is 0. The third-order valence-electron chi connectivity index (χ3n) is 2.71. The van der Waals surface area contributed by atoms with Crippen LogP contribution in [0.15, 0.2) is 24.3 Å². The van der Waals surface area contributed by atoms with Gasteiger partial charge in [0.1, 0.15) is 18.2 Å². The highest BCUT2D eigenvalue weighted by atomic mass is 19.1. The summed E-state index contributed by atoms with van der Waals surface area (Å²) in [6.07, 6.45) is 0.319. The van der Waals surface area contributed by atoms with Crippen LogP contribution in [0.4, 0.5) is 4.39 Å². The largest absolute Gasteiger partial charge is 0.492 e. The number of nitrogens with zero attached hydrogens (tertiary/aromatic N) is 1. The van der Waals surface area contributed by atoms with Gasteiger partial charge in [-0.05, 0) is 37.6 Å². The van der Waals surface area contributed by atoms with Gasteiger partial charge in [-0.25, -0.2) is 4.39 Å². The van der Waals surface area contributed by atoms with Crippen molar-refractivity contribution >= 4 is 5.91 Å². The van der Waals surface area contributed by atoms with Gasteiger partial charge in [0.2, 0.25) is 5.91 Å². The molecule has 1 atom stereocenters. The van der Waals surface area contributed by atoms with Gasteiger partial charge in [0.05, 0.1) is 12.6 Å². The zero-order valence-electron chi connectivity index (χ0n) is 11.3. The fraction of sp³-hybridized carbons (Fsp3) is 0.500. The maximum absolute atomic E-state index is 12.7. The van der Waals surface area contributed by atoms with Crippen LogP contribution in [0.25, 0.3) is 0 Å². The number of amides is 1. The van der Waals surface area contributed by atoms with E-state index in [1.165, 1.54) is 12.1 Å². The molecule has 5 heteroatoms. The lowest BCUT2D eigenvalue weighted by molar-refractivity contribution is -0.130. The van der Waals surface area contributed by atoms with Crippen LogP contribution >= 0.6 is 0 Å². The molecular formula is C14H20FNO3. The molecule has 0 aromatic heterocycles. The van der Waals surface area contributed by atoms with Gasteiger partial charge in [0.25, 0.3) is 0 Å². The molecule has 1 N–H and O–H groups in total. The maximum atomic E-state index is 12.7. The van der Waals surface area contributed by atoms with E-state index in [1.807, 2.05) is 0 Å². The van der Waals surface area contributed by atoms with Gasteiger partial charge in [-0.3, -0.25) is 4.79 Å². The number of carbonyl (C=O) groups excluding carboxylic acids is 1. The number of ether oxygens (including phenoxy) is 1. The molecule has 1 unspecified atom stereocenters. The Morgan fingerprint density at radius 1 is 1.42 bits per heavy atom. The van der Waals surface area contributed by atoms with Crippen molar-refractivity contribution in [2.75, 3.05) is 20.2 Å². The Hall–Kier alpha value is -1.62. The Balaban J connectivity index is 2.24. The molecule has 1 rings (SSSR count). The van der Waals surface area contributed by atoms with Crippen molar-refractivity contribution in [3.05, 3.63) is 30.1 Å². The van der Waals surface area contributed by atoms with Crippen molar-refractivity contribution in [3.63, 3.8) is 0 Å². The molecule has 0 radical (unpaired) electrons. The van der Waals surface area contributed by atoms with Crippen LogP contribution in [0.1, 0.15) is 19.8 Å². The maximum Gasteiger partial charge on any atom is 0.222 e. The number of benzene rings is 1. The number of hydrogen-bond donors (Lipinski definition) is 1. The van der Waals surface area contributed by atoms with Crippen LogP contribution in [0.2, 0.25) is 0 Å². The lowest BCUT2D eigenvalue weighted by Gasteiger charge is -2.17. The molecule has 4 nitrogen and oxygen atoms in total. The molecule has 0 fully saturated rings. The van der Waals surface area contributed by atoms with E-state index >= 15 is 0 Å². The van der Waals surface area contributed by atoms with Gasteiger partial charge in [-0.1, -0.05) is 0 Å². The zero-order chi connectivity index (χ0) is 14.3. The summed E-state index contributed by atoms with van der Waals surface area (Å²) in [6, 6.07) is 5.74. The number of rotatable bonds is 7. The molecule has 0 saturated carbocycles. The average molecular weight is 269 g/mol. The first-order chi connectivity index (χ1) is 8.99. The quantitative estimate of drug-likeness (QED) is 0.821. The summed E-state index contributed by atoms with van der Waals surface area (Å²) in [5.41, 5.74) is 0. The first-order valence-electron chi connectivity index (χ1n) is 6.29. The van der Waals surface area contributed by atoms with Crippen LogP contribution in [-0.2, 0) is 4.79 Å². The van der Waals surface area contributed by atoms with Crippen molar-refractivity contribution in [1.29, 1.82) is 0 Å². The van der Waals surface area contributed by atoms with E-state index in [9.17, 15) is 9.18 Å². The van der Waals surface area contributed by atoms with Crippen LogP contribution in [0.5, 0.6) is 5.75 Å². The standard InChI is InChI=1S/C14H20FNO3/c1-11(17)3-8-14(18)16(2)9-10-19-13-6-4-12(15)5-7-13/h4-7,11,17H,3,8-10H2,1-2H3. The lowest BCUT2D eigenvalue weighted by Crippen LogP contribution is -2.31. The molecule has 19 heavy (non-hydrogen) atoms. The number of halogens is 1. The second-order valence-corrected chi connectivity index (χ2v) is 4.51. The average Bonchev–Trinajstić information content (AvgIpc) is 2.38. The van der Waals surface area contributed by atoms with Gasteiger partial charge < -0.3 is 14.7 Å². The van der Waals surface area contributed by atoms with Gasteiger partial charge in [0.15, 0.2) is 0 Å². The minimum atomic E-state index is -0.465. The van der Waals surface area contributed by atoms with Gasteiger partial charge >= 0.3 is 0 Å². The minimum absolute atomic E-state index is 0.0244. The Morgan fingerprint density at radius 2 is 2.05 bits per heavy atom. The number of aliphatic hydroxyl groups excluding tert-OH is 1. The first-order valence-corrected chi connectivity index (χ1v) is 6.29. The Bertz CT molecular complexity index is 392. The predicted molar refractivity (Wildman–Crippen MR) is 70.4 cm³/mol. The summed E-state index contributed by atoms with van der Waals surface area (Å²) < 4.78 is 18.1. The van der Waals surface area contributed by atoms with Crippen LogP contribution in [0, 0.1) is 5.82 Å². The van der Waals surface area contributed by atoms with Crippen molar-refractivity contribution < 1.29 is 19.0 Å². The Kier molecular flexibility index (Phi) is 6.29. The van der Waals surface area contributed by atoms with E-state index in [0.717, 1.165) is 0 Å². The molecule has 0 spiro atoms. The third kappa shape index (κ3) is 6.20. The topological polar surface area (TPSA) is 49.8 Å². The predicted octanol–water partition coefficient (Wildman–Crippen LogP) is 1.82. The lowest BCUT2D eigenvalue weighted by atomic mass is 10.2. The van der Waals surface area contributed by atoms with Gasteiger partial charge in [-0.2, -0.15) is 0 Å². The Morgan fingerprint density at radius 3 is 2.63 bits per heavy atom. The highest BCUT2D eigenvalue weighted by Gasteiger charge is 2.09. The Labute approximate surface area is 112 Å². The van der Waals surface area contributed by atoms with E-state index in [1.54, 1.807) is 31.0 Å². The van der Waals surface area contributed by atoms with E-state index in [4.69, 9.17) is 9.84 Å². The summed E-state index contributed by atoms with van der Waals surface area (Å²) in [4.78, 5) is 13.2. The normalized spacial score (nSPS) is 12.0. The molecule has 0 aliphatic rings. The molecule has 1 aromatic rings. The highest BCUT2D eigenvalue weighted by Crippen LogP contribution is 2.10. The minimum Gasteiger partial charge on any atom is -0.492 e. The molecule has 0 aliphatic heterocycles. The van der Waals surface area contributed by atoms with Crippen molar-refractivity contribution in [1.82, 2.24) is 4.90 Å². The fourth-order valence-electron chi connectivity index (χ4n) is 1.48. The molecular weight excluding hydrogens is 249 g/mol. The van der Waals surface area contributed by atoms with E-state index < -0.39 is 6.10 Å². The summed E-state index contributed by atoms with van der Waals surface area (Å²) in [5.74, 6) is 0.243. The van der Waals surface area contributed by atoms with Gasteiger partial charge in [0, 0.05) is 13.5 Å². The van der Waals surface area contributed by atoms with Gasteiger partial charge in [-0.15, -0.1) is 0 Å². The third-order valence-corrected chi connectivity index (χ3v) is 2.71. The summed E-state index contributed by atoms with van der Waals surface area (Å²) in [7, 11) is 1.69. The van der Waals surface area contributed by atoms with E-state index in [2.05, 4.69) is 0 Å². The molecule has 1 amide bonds. The van der Waals surface area contributed by atoms with Crippen molar-refractivity contribution in [2.24, 2.45) is 0 Å². The number of hydrogen-bond acceptors (Lipinski definition) is 3. The molecule has 0 saturated heterocycles. The molecule has 0 heterocycles. The summed E-state index contributed by atoms with van der Waals surface area (Å²) in [6.45, 7) is 2.46. The number of carbonyl (C=O) groups is 1. The molecule has 1 aromatic carbocycles. The van der Waals surface area contributed by atoms with Crippen molar-refractivity contribution in [3.8, 4) is 5.75 Å². The fourth-order valence-corrected chi connectivity index (χ4v) is 1.48.